The van der Waals surface area contributed by atoms with Crippen LogP contribution >= 0.6 is 0 Å². The minimum absolute atomic E-state index is 0.169. The van der Waals surface area contributed by atoms with Gasteiger partial charge in [-0.2, -0.15) is 0 Å². The maximum Gasteiger partial charge on any atom is 0.0906 e. The molecule has 1 aliphatic carbocycles. The van der Waals surface area contributed by atoms with Gasteiger partial charge in [0, 0.05) is 19.1 Å². The zero-order valence-corrected chi connectivity index (χ0v) is 8.84. The SMILES string of the molecule is FCCCN1CCCNC(C2CC2)C1. The molecule has 2 nitrogen and oxygen atoms in total. The van der Waals surface area contributed by atoms with Gasteiger partial charge < -0.3 is 10.2 Å². The van der Waals surface area contributed by atoms with E-state index in [-0.39, 0.29) is 6.67 Å². The predicted molar refractivity (Wildman–Crippen MR) is 56.2 cm³/mol. The van der Waals surface area contributed by atoms with Crippen LogP contribution in [0.2, 0.25) is 0 Å². The molecule has 14 heavy (non-hydrogen) atoms. The van der Waals surface area contributed by atoms with Crippen LogP contribution in [-0.4, -0.2) is 43.8 Å². The van der Waals surface area contributed by atoms with Crippen molar-refractivity contribution in [1.82, 2.24) is 10.2 Å². The number of hydrogen-bond donors (Lipinski definition) is 1. The van der Waals surface area contributed by atoms with Crippen molar-refractivity contribution in [2.75, 3.05) is 32.9 Å². The topological polar surface area (TPSA) is 15.3 Å². The van der Waals surface area contributed by atoms with E-state index in [2.05, 4.69) is 10.2 Å². The third-order valence-electron chi connectivity index (χ3n) is 3.31. The molecule has 2 fully saturated rings. The van der Waals surface area contributed by atoms with Gasteiger partial charge in [-0.05, 0) is 44.7 Å². The molecule has 0 bridgehead atoms. The zero-order chi connectivity index (χ0) is 9.80. The molecule has 1 heterocycles. The number of alkyl halides is 1. The van der Waals surface area contributed by atoms with E-state index >= 15 is 0 Å². The highest BCUT2D eigenvalue weighted by atomic mass is 19.1. The molecular weight excluding hydrogens is 179 g/mol. The first kappa shape index (κ1) is 10.4. The summed E-state index contributed by atoms with van der Waals surface area (Å²) in [7, 11) is 0. The van der Waals surface area contributed by atoms with E-state index in [0.717, 1.165) is 32.1 Å². The van der Waals surface area contributed by atoms with Gasteiger partial charge in [-0.1, -0.05) is 0 Å². The second-order valence-corrected chi connectivity index (χ2v) is 4.59. The van der Waals surface area contributed by atoms with Gasteiger partial charge in [0.2, 0.25) is 0 Å². The molecule has 1 saturated carbocycles. The van der Waals surface area contributed by atoms with Gasteiger partial charge in [-0.15, -0.1) is 0 Å². The van der Waals surface area contributed by atoms with Crippen molar-refractivity contribution in [1.29, 1.82) is 0 Å². The summed E-state index contributed by atoms with van der Waals surface area (Å²) in [6.45, 7) is 4.22. The molecule has 1 N–H and O–H groups in total. The Kier molecular flexibility index (Phi) is 3.76. The molecule has 0 aromatic heterocycles. The Hall–Kier alpha value is -0.150. The molecule has 0 spiro atoms. The maximum absolute atomic E-state index is 12.1. The van der Waals surface area contributed by atoms with Gasteiger partial charge in [-0.3, -0.25) is 4.39 Å². The van der Waals surface area contributed by atoms with Gasteiger partial charge in [0.1, 0.15) is 0 Å². The Morgan fingerprint density at radius 1 is 1.36 bits per heavy atom. The first-order valence-electron chi connectivity index (χ1n) is 5.92. The lowest BCUT2D eigenvalue weighted by Gasteiger charge is -2.23. The Balaban J connectivity index is 1.77. The van der Waals surface area contributed by atoms with E-state index < -0.39 is 0 Å². The molecule has 1 atom stereocenters. The second kappa shape index (κ2) is 5.08. The fourth-order valence-electron chi connectivity index (χ4n) is 2.32. The Morgan fingerprint density at radius 2 is 2.21 bits per heavy atom. The van der Waals surface area contributed by atoms with Crippen molar-refractivity contribution in [3.05, 3.63) is 0 Å². The first-order valence-corrected chi connectivity index (χ1v) is 5.92. The van der Waals surface area contributed by atoms with E-state index in [1.165, 1.54) is 19.3 Å². The fourth-order valence-corrected chi connectivity index (χ4v) is 2.32. The van der Waals surface area contributed by atoms with Gasteiger partial charge in [-0.25, -0.2) is 0 Å². The van der Waals surface area contributed by atoms with Crippen LogP contribution in [0.1, 0.15) is 25.7 Å². The minimum atomic E-state index is -0.169. The lowest BCUT2D eigenvalue weighted by Crippen LogP contribution is -2.39. The van der Waals surface area contributed by atoms with Crippen LogP contribution < -0.4 is 5.32 Å². The smallest absolute Gasteiger partial charge is 0.0906 e. The van der Waals surface area contributed by atoms with Crippen LogP contribution in [0.25, 0.3) is 0 Å². The molecule has 1 saturated heterocycles. The quantitative estimate of drug-likeness (QED) is 0.738. The van der Waals surface area contributed by atoms with Crippen molar-refractivity contribution >= 4 is 0 Å². The van der Waals surface area contributed by atoms with Gasteiger partial charge in [0.05, 0.1) is 6.67 Å². The Morgan fingerprint density at radius 3 is 2.93 bits per heavy atom. The summed E-state index contributed by atoms with van der Waals surface area (Å²) in [4.78, 5) is 2.43. The van der Waals surface area contributed by atoms with Crippen molar-refractivity contribution < 1.29 is 4.39 Å². The van der Waals surface area contributed by atoms with Crippen LogP contribution in [-0.2, 0) is 0 Å². The number of nitrogens with zero attached hydrogens (tertiary/aromatic N) is 1. The van der Waals surface area contributed by atoms with E-state index in [1.807, 2.05) is 0 Å². The molecule has 0 aromatic carbocycles. The molecule has 1 unspecified atom stereocenters. The van der Waals surface area contributed by atoms with E-state index in [9.17, 15) is 4.39 Å². The fraction of sp³-hybridized carbons (Fsp3) is 1.00. The first-order chi connectivity index (χ1) is 6.90. The molecule has 0 aromatic rings. The van der Waals surface area contributed by atoms with Gasteiger partial charge in [0.15, 0.2) is 0 Å². The highest BCUT2D eigenvalue weighted by Gasteiger charge is 2.32. The van der Waals surface area contributed by atoms with Crippen molar-refractivity contribution in [3.63, 3.8) is 0 Å². The largest absolute Gasteiger partial charge is 0.312 e. The van der Waals surface area contributed by atoms with Crippen molar-refractivity contribution in [3.8, 4) is 0 Å². The number of nitrogens with one attached hydrogen (secondary N) is 1. The van der Waals surface area contributed by atoms with E-state index in [4.69, 9.17) is 0 Å². The molecule has 0 amide bonds. The lowest BCUT2D eigenvalue weighted by atomic mass is 10.2. The predicted octanol–water partition coefficient (Wildman–Crippen LogP) is 1.42. The molecule has 3 heteroatoms. The Labute approximate surface area is 85.9 Å². The highest BCUT2D eigenvalue weighted by Crippen LogP contribution is 2.33. The summed E-state index contributed by atoms with van der Waals surface area (Å²) in [5, 5.41) is 3.61. The summed E-state index contributed by atoms with van der Waals surface area (Å²) in [5.41, 5.74) is 0. The number of rotatable bonds is 4. The summed E-state index contributed by atoms with van der Waals surface area (Å²) < 4.78 is 12.1. The second-order valence-electron chi connectivity index (χ2n) is 4.59. The zero-order valence-electron chi connectivity index (χ0n) is 8.84. The maximum atomic E-state index is 12.1. The third kappa shape index (κ3) is 2.92. The van der Waals surface area contributed by atoms with Crippen molar-refractivity contribution in [2.24, 2.45) is 5.92 Å². The van der Waals surface area contributed by atoms with Crippen LogP contribution in [0.4, 0.5) is 4.39 Å². The monoisotopic (exact) mass is 200 g/mol. The van der Waals surface area contributed by atoms with Gasteiger partial charge in [0.25, 0.3) is 0 Å². The standard InChI is InChI=1S/C11H21FN2/c12-5-1-7-14-8-2-6-13-11(9-14)10-3-4-10/h10-11,13H,1-9H2. The van der Waals surface area contributed by atoms with Crippen LogP contribution in [0.15, 0.2) is 0 Å². The summed E-state index contributed by atoms with van der Waals surface area (Å²) in [6, 6.07) is 0.692. The third-order valence-corrected chi connectivity index (χ3v) is 3.31. The molecule has 1 aliphatic heterocycles. The van der Waals surface area contributed by atoms with E-state index in [0.29, 0.717) is 12.5 Å². The van der Waals surface area contributed by atoms with Gasteiger partial charge >= 0.3 is 0 Å². The van der Waals surface area contributed by atoms with E-state index in [1.54, 1.807) is 0 Å². The molecule has 2 rings (SSSR count). The summed E-state index contributed by atoms with van der Waals surface area (Å²) in [5.74, 6) is 0.918. The average molecular weight is 200 g/mol. The number of halogens is 1. The molecular formula is C11H21FN2. The molecule has 2 aliphatic rings. The average Bonchev–Trinajstić information content (AvgIpc) is 3.00. The Bertz CT molecular complexity index is 171. The minimum Gasteiger partial charge on any atom is -0.312 e. The molecule has 0 radical (unpaired) electrons. The lowest BCUT2D eigenvalue weighted by molar-refractivity contribution is 0.246. The van der Waals surface area contributed by atoms with Crippen LogP contribution in [0, 0.1) is 5.92 Å². The van der Waals surface area contributed by atoms with Crippen LogP contribution in [0.3, 0.4) is 0 Å². The summed E-state index contributed by atoms with van der Waals surface area (Å²) >= 11 is 0. The molecule has 82 valence electrons. The number of hydrogen-bond acceptors (Lipinski definition) is 2. The normalized spacial score (nSPS) is 30.2. The van der Waals surface area contributed by atoms with Crippen LogP contribution in [0.5, 0.6) is 0 Å². The highest BCUT2D eigenvalue weighted by molar-refractivity contribution is 4.89. The van der Waals surface area contributed by atoms with Crippen molar-refractivity contribution in [2.45, 2.75) is 31.7 Å². The summed E-state index contributed by atoms with van der Waals surface area (Å²) in [6.07, 6.45) is 4.72.